The molecule has 3 saturated carbocycles. The summed E-state index contributed by atoms with van der Waals surface area (Å²) in [5.74, 6) is 0.676. The molecule has 4 aromatic rings. The number of pyridine rings is 1. The Hall–Kier alpha value is -3.66. The van der Waals surface area contributed by atoms with E-state index in [1.165, 1.54) is 12.5 Å². The molecule has 8 rings (SSSR count). The van der Waals surface area contributed by atoms with Crippen LogP contribution in [0.4, 0.5) is 19.6 Å². The maximum Gasteiger partial charge on any atom is 0.318 e. The summed E-state index contributed by atoms with van der Waals surface area (Å²) >= 11 is 1.07. The zero-order valence-corrected chi connectivity index (χ0v) is 26.3. The predicted molar refractivity (Wildman–Crippen MR) is 171 cm³/mol. The quantitative estimate of drug-likeness (QED) is 0.236. The Kier molecular flexibility index (Phi) is 6.68. The molecule has 0 radical (unpaired) electrons. The summed E-state index contributed by atoms with van der Waals surface area (Å²) in [5, 5.41) is 14.9. The second kappa shape index (κ2) is 10.4. The first-order valence-corrected chi connectivity index (χ1v) is 16.5. The molecule has 1 aromatic carbocycles. The number of alkyl halides is 1. The van der Waals surface area contributed by atoms with Crippen LogP contribution in [0.25, 0.3) is 32.2 Å². The number of likely N-dealkylation sites (N-methyl/N-ethyl adjacent to an activating group) is 1. The number of thiophene rings is 1. The van der Waals surface area contributed by atoms with Gasteiger partial charge in [-0.1, -0.05) is 0 Å². The van der Waals surface area contributed by atoms with Gasteiger partial charge in [-0.3, -0.25) is 4.98 Å². The summed E-state index contributed by atoms with van der Waals surface area (Å²) in [6, 6.07) is 7.29. The average Bonchev–Trinajstić information content (AvgIpc) is 3.77. The molecule has 4 aliphatic rings. The van der Waals surface area contributed by atoms with Gasteiger partial charge < -0.3 is 25.6 Å². The van der Waals surface area contributed by atoms with Crippen molar-refractivity contribution in [2.75, 3.05) is 57.9 Å². The number of halogens is 2. The summed E-state index contributed by atoms with van der Waals surface area (Å²) in [4.78, 5) is 19.1. The highest BCUT2D eigenvalue weighted by molar-refractivity contribution is 7.23. The number of fused-ring (bicyclic) bond motifs is 3. The molecule has 0 amide bonds. The lowest BCUT2D eigenvalue weighted by Gasteiger charge is -2.47. The van der Waals surface area contributed by atoms with Crippen LogP contribution in [0.2, 0.25) is 0 Å². The molecule has 3 aliphatic carbocycles. The number of nitriles is 1. The number of rotatable bonds is 10. The Bertz CT molecular complexity index is 1850. The molecule has 1 aliphatic heterocycles. The van der Waals surface area contributed by atoms with E-state index in [0.717, 1.165) is 68.6 Å². The van der Waals surface area contributed by atoms with Crippen molar-refractivity contribution in [3.05, 3.63) is 35.8 Å². The van der Waals surface area contributed by atoms with Gasteiger partial charge in [-0.05, 0) is 64.4 Å². The van der Waals surface area contributed by atoms with Crippen LogP contribution in [-0.2, 0) is 0 Å². The first-order valence-electron chi connectivity index (χ1n) is 15.7. The number of hydrogen-bond donors (Lipinski definition) is 2. The van der Waals surface area contributed by atoms with Gasteiger partial charge >= 0.3 is 6.01 Å². The molecule has 9 nitrogen and oxygen atoms in total. The van der Waals surface area contributed by atoms with Crippen LogP contribution in [0.15, 0.2) is 24.4 Å². The molecule has 234 valence electrons. The zero-order valence-electron chi connectivity index (χ0n) is 25.4. The monoisotopic (exact) mass is 630 g/mol. The molecule has 12 heteroatoms. The zero-order chi connectivity index (χ0) is 31.1. The molecule has 3 atom stereocenters. The SMILES string of the molecule is CN(C)C1(CNc2nc(OCC3(CN4CC5C(F)[C@H]5C4)CC3)nc3cc(-c4ccc(F)c5sc(N)c(C#N)c45)ncc23)CCC1. The van der Waals surface area contributed by atoms with Crippen LogP contribution in [0.5, 0.6) is 6.01 Å². The Morgan fingerprint density at radius 3 is 2.64 bits per heavy atom. The first-order chi connectivity index (χ1) is 21.7. The van der Waals surface area contributed by atoms with E-state index < -0.39 is 12.0 Å². The van der Waals surface area contributed by atoms with Crippen molar-refractivity contribution in [2.24, 2.45) is 17.3 Å². The third-order valence-electron chi connectivity index (χ3n) is 10.8. The molecule has 0 bridgehead atoms. The topological polar surface area (TPSA) is 116 Å². The van der Waals surface area contributed by atoms with Gasteiger partial charge in [0.1, 0.15) is 28.9 Å². The molecule has 3 aromatic heterocycles. The molecular weight excluding hydrogens is 594 g/mol. The summed E-state index contributed by atoms with van der Waals surface area (Å²) in [6.45, 7) is 3.83. The number of anilines is 2. The maximum absolute atomic E-state index is 14.8. The lowest BCUT2D eigenvalue weighted by atomic mass is 9.75. The van der Waals surface area contributed by atoms with Gasteiger partial charge in [-0.15, -0.1) is 11.3 Å². The van der Waals surface area contributed by atoms with Crippen molar-refractivity contribution in [1.29, 1.82) is 5.26 Å². The van der Waals surface area contributed by atoms with Crippen molar-refractivity contribution in [3.63, 3.8) is 0 Å². The molecular formula is C33H36F2N8OS. The van der Waals surface area contributed by atoms with E-state index in [4.69, 9.17) is 25.4 Å². The summed E-state index contributed by atoms with van der Waals surface area (Å²) in [5.41, 5.74) is 8.26. The van der Waals surface area contributed by atoms with E-state index in [1.54, 1.807) is 12.3 Å². The number of likely N-dealkylation sites (tertiary alicyclic amines) is 1. The molecule has 0 spiro atoms. The highest BCUT2D eigenvalue weighted by Crippen LogP contribution is 2.52. The van der Waals surface area contributed by atoms with Gasteiger partial charge in [0.25, 0.3) is 0 Å². The summed E-state index contributed by atoms with van der Waals surface area (Å²) in [7, 11) is 4.23. The fraction of sp³-hybridized carbons (Fsp3) is 0.515. The highest BCUT2D eigenvalue weighted by atomic mass is 32.1. The number of nitrogens with one attached hydrogen (secondary N) is 1. The number of nitrogen functional groups attached to an aromatic ring is 1. The standard InChI is InChI=1S/C33H36F2N8OS/c1-42(2)33(6-3-7-33)15-39-30-20-12-38-24(18-4-5-23(34)28-26(18)19(11-36)29(37)45-28)10-25(20)40-31(41-30)44-17-32(8-9-32)16-43-13-21-22(14-43)27(21)35/h4-5,10,12,21-22,27H,3,6-9,13-17,37H2,1-2H3,(H,39,40,41)/t21-,22?,27?/m0/s1. The van der Waals surface area contributed by atoms with Crippen LogP contribution in [0, 0.1) is 34.4 Å². The van der Waals surface area contributed by atoms with Gasteiger partial charge in [-0.2, -0.15) is 15.2 Å². The maximum atomic E-state index is 14.8. The van der Waals surface area contributed by atoms with Crippen LogP contribution in [0.3, 0.4) is 0 Å². The fourth-order valence-electron chi connectivity index (χ4n) is 7.37. The second-order valence-corrected chi connectivity index (χ2v) is 14.8. The number of nitrogens with zero attached hydrogens (tertiary/aromatic N) is 6. The third kappa shape index (κ3) is 4.87. The van der Waals surface area contributed by atoms with Crippen LogP contribution in [-0.4, -0.2) is 83.3 Å². The minimum absolute atomic E-state index is 0.0467. The van der Waals surface area contributed by atoms with Gasteiger partial charge in [0, 0.05) is 66.1 Å². The number of piperidine rings is 1. The number of aromatic nitrogens is 3. The Labute approximate surface area is 264 Å². The molecule has 4 heterocycles. The molecule has 2 unspecified atom stereocenters. The summed E-state index contributed by atoms with van der Waals surface area (Å²) < 4.78 is 35.2. The van der Waals surface area contributed by atoms with Crippen LogP contribution >= 0.6 is 11.3 Å². The summed E-state index contributed by atoms with van der Waals surface area (Å²) in [6.07, 6.45) is 6.68. The largest absolute Gasteiger partial charge is 0.463 e. The Morgan fingerprint density at radius 2 is 1.98 bits per heavy atom. The normalized spacial score (nSPS) is 24.4. The van der Waals surface area contributed by atoms with Crippen molar-refractivity contribution < 1.29 is 13.5 Å². The van der Waals surface area contributed by atoms with Gasteiger partial charge in [0.15, 0.2) is 0 Å². The minimum Gasteiger partial charge on any atom is -0.463 e. The van der Waals surface area contributed by atoms with E-state index in [1.807, 2.05) is 6.07 Å². The van der Waals surface area contributed by atoms with Crippen molar-refractivity contribution in [2.45, 2.75) is 43.8 Å². The lowest BCUT2D eigenvalue weighted by molar-refractivity contribution is 0.0738. The van der Waals surface area contributed by atoms with E-state index in [-0.39, 0.29) is 39.4 Å². The Morgan fingerprint density at radius 1 is 1.20 bits per heavy atom. The number of nitrogens with two attached hydrogens (primary N) is 1. The van der Waals surface area contributed by atoms with Gasteiger partial charge in [0.2, 0.25) is 0 Å². The lowest BCUT2D eigenvalue weighted by Crippen LogP contribution is -2.54. The number of ether oxygens (including phenoxy) is 1. The van der Waals surface area contributed by atoms with E-state index in [9.17, 15) is 14.0 Å². The van der Waals surface area contributed by atoms with Crippen molar-refractivity contribution in [3.8, 4) is 23.3 Å². The molecule has 4 fully saturated rings. The predicted octanol–water partition coefficient (Wildman–Crippen LogP) is 5.45. The molecule has 1 saturated heterocycles. The van der Waals surface area contributed by atoms with Gasteiger partial charge in [-0.25, -0.2) is 8.78 Å². The smallest absolute Gasteiger partial charge is 0.318 e. The van der Waals surface area contributed by atoms with Crippen LogP contribution in [0.1, 0.15) is 37.7 Å². The number of benzene rings is 1. The molecule has 3 N–H and O–H groups in total. The van der Waals surface area contributed by atoms with E-state index in [0.29, 0.717) is 39.3 Å². The Balaban J connectivity index is 1.12. The van der Waals surface area contributed by atoms with Crippen LogP contribution < -0.4 is 15.8 Å². The second-order valence-electron chi connectivity index (χ2n) is 13.8. The number of hydrogen-bond acceptors (Lipinski definition) is 10. The van der Waals surface area contributed by atoms with Crippen molar-refractivity contribution in [1.82, 2.24) is 24.8 Å². The third-order valence-corrected chi connectivity index (χ3v) is 11.8. The van der Waals surface area contributed by atoms with E-state index in [2.05, 4.69) is 35.3 Å². The van der Waals surface area contributed by atoms with E-state index >= 15 is 0 Å². The average molecular weight is 631 g/mol. The minimum atomic E-state index is -0.606. The highest BCUT2D eigenvalue weighted by Gasteiger charge is 2.58. The molecule has 45 heavy (non-hydrogen) atoms. The van der Waals surface area contributed by atoms with Crippen molar-refractivity contribution >= 4 is 43.1 Å². The first kappa shape index (κ1) is 28.8. The van der Waals surface area contributed by atoms with Gasteiger partial charge in [0.05, 0.1) is 33.5 Å². The fourth-order valence-corrected chi connectivity index (χ4v) is 8.32.